The van der Waals surface area contributed by atoms with Gasteiger partial charge >= 0.3 is 5.97 Å². The molecule has 4 rings (SSSR count). The number of aromatic nitrogens is 2. The minimum absolute atomic E-state index is 0.163. The average Bonchev–Trinajstić information content (AvgIpc) is 3.33. The third kappa shape index (κ3) is 4.29. The van der Waals surface area contributed by atoms with Crippen molar-refractivity contribution < 1.29 is 23.4 Å². The first kappa shape index (κ1) is 20.3. The van der Waals surface area contributed by atoms with E-state index in [4.69, 9.17) is 14.2 Å². The zero-order chi connectivity index (χ0) is 21.1. The summed E-state index contributed by atoms with van der Waals surface area (Å²) < 4.78 is 30.5. The van der Waals surface area contributed by atoms with Crippen molar-refractivity contribution in [2.45, 2.75) is 25.4 Å². The highest BCUT2D eigenvalue weighted by molar-refractivity contribution is 5.93. The second-order valence-electron chi connectivity index (χ2n) is 7.28. The number of imidazole rings is 1. The van der Waals surface area contributed by atoms with Crippen LogP contribution in [-0.4, -0.2) is 60.4 Å². The number of hydrogen-bond donors (Lipinski definition) is 1. The molecule has 1 aromatic heterocycles. The van der Waals surface area contributed by atoms with Crippen molar-refractivity contribution in [1.82, 2.24) is 14.9 Å². The minimum atomic E-state index is -1.07. The van der Waals surface area contributed by atoms with Gasteiger partial charge in [-0.25, -0.2) is 14.2 Å². The minimum Gasteiger partial charge on any atom is -0.496 e. The first-order valence-corrected chi connectivity index (χ1v) is 9.74. The van der Waals surface area contributed by atoms with E-state index in [0.29, 0.717) is 42.1 Å². The molecule has 2 heterocycles. The summed E-state index contributed by atoms with van der Waals surface area (Å²) in [7, 11) is 2.97. The maximum absolute atomic E-state index is 14.5. The number of para-hydroxylation sites is 1. The number of esters is 1. The van der Waals surface area contributed by atoms with Crippen LogP contribution in [0.2, 0.25) is 0 Å². The molecule has 2 aromatic carbocycles. The summed E-state index contributed by atoms with van der Waals surface area (Å²) >= 11 is 0. The molecule has 1 aliphatic rings. The number of ether oxygens (including phenoxy) is 3. The Morgan fingerprint density at radius 3 is 2.87 bits per heavy atom. The van der Waals surface area contributed by atoms with Crippen LogP contribution in [0.1, 0.15) is 21.7 Å². The number of alkyl halides is 1. The number of nitrogens with zero attached hydrogens (tertiary/aromatic N) is 2. The molecule has 2 unspecified atom stereocenters. The number of fused-ring (bicyclic) bond motifs is 1. The number of aromatic amines is 1. The van der Waals surface area contributed by atoms with Gasteiger partial charge in [-0.05, 0) is 24.3 Å². The van der Waals surface area contributed by atoms with Crippen LogP contribution in [-0.2, 0) is 22.6 Å². The van der Waals surface area contributed by atoms with E-state index < -0.39 is 18.2 Å². The number of H-pyrrole nitrogens is 1. The van der Waals surface area contributed by atoms with Gasteiger partial charge < -0.3 is 19.2 Å². The smallest absolute Gasteiger partial charge is 0.337 e. The zero-order valence-electron chi connectivity index (χ0n) is 16.9. The summed E-state index contributed by atoms with van der Waals surface area (Å²) in [5, 5.41) is 0. The molecule has 1 fully saturated rings. The topological polar surface area (TPSA) is 76.7 Å². The number of benzene rings is 2. The van der Waals surface area contributed by atoms with Crippen LogP contribution in [0, 0.1) is 0 Å². The summed E-state index contributed by atoms with van der Waals surface area (Å²) in [6.45, 7) is 1.57. The van der Waals surface area contributed by atoms with E-state index in [0.717, 1.165) is 11.3 Å². The first-order valence-electron chi connectivity index (χ1n) is 9.74. The van der Waals surface area contributed by atoms with Gasteiger partial charge in [-0.2, -0.15) is 0 Å². The molecule has 0 bridgehead atoms. The summed E-state index contributed by atoms with van der Waals surface area (Å²) in [6.07, 6.45) is -1.60. The fourth-order valence-electron chi connectivity index (χ4n) is 3.73. The molecule has 0 radical (unpaired) electrons. The molecular formula is C22H24FN3O4. The number of hydrogen-bond acceptors (Lipinski definition) is 6. The lowest BCUT2D eigenvalue weighted by molar-refractivity contribution is 0.00862. The van der Waals surface area contributed by atoms with Gasteiger partial charge in [-0.15, -0.1) is 0 Å². The Bertz CT molecular complexity index is 1040. The van der Waals surface area contributed by atoms with E-state index in [1.54, 1.807) is 25.3 Å². The highest BCUT2D eigenvalue weighted by Gasteiger charge is 2.34. The maximum atomic E-state index is 14.5. The molecule has 1 saturated heterocycles. The lowest BCUT2D eigenvalue weighted by atomic mass is 10.2. The maximum Gasteiger partial charge on any atom is 0.337 e. The summed E-state index contributed by atoms with van der Waals surface area (Å²) in [4.78, 5) is 21.3. The summed E-state index contributed by atoms with van der Waals surface area (Å²) in [5.41, 5.74) is 2.87. The number of rotatable bonds is 7. The van der Waals surface area contributed by atoms with E-state index in [-0.39, 0.29) is 6.61 Å². The van der Waals surface area contributed by atoms with Crippen molar-refractivity contribution in [2.75, 3.05) is 27.3 Å². The van der Waals surface area contributed by atoms with Gasteiger partial charge in [0, 0.05) is 25.2 Å². The predicted octanol–water partition coefficient (Wildman–Crippen LogP) is 3.10. The molecule has 30 heavy (non-hydrogen) atoms. The number of nitrogens with one attached hydrogen (secondary N) is 1. The molecule has 1 N–H and O–H groups in total. The quantitative estimate of drug-likeness (QED) is 0.600. The van der Waals surface area contributed by atoms with E-state index in [1.165, 1.54) is 7.11 Å². The van der Waals surface area contributed by atoms with Gasteiger partial charge in [0.25, 0.3) is 0 Å². The third-order valence-corrected chi connectivity index (χ3v) is 5.25. The predicted molar refractivity (Wildman–Crippen MR) is 109 cm³/mol. The van der Waals surface area contributed by atoms with Crippen molar-refractivity contribution in [2.24, 2.45) is 0 Å². The second kappa shape index (κ2) is 8.81. The molecule has 2 atom stereocenters. The van der Waals surface area contributed by atoms with Gasteiger partial charge in [0.1, 0.15) is 30.5 Å². The monoisotopic (exact) mass is 413 g/mol. The van der Waals surface area contributed by atoms with E-state index in [2.05, 4.69) is 9.97 Å². The third-order valence-electron chi connectivity index (χ3n) is 5.25. The number of carbonyl (C=O) groups excluding carboxylic acids is 1. The van der Waals surface area contributed by atoms with E-state index in [1.807, 2.05) is 29.2 Å². The molecule has 158 valence electrons. The van der Waals surface area contributed by atoms with Gasteiger partial charge in [0.2, 0.25) is 0 Å². The number of methoxy groups -OCH3 is 2. The van der Waals surface area contributed by atoms with Crippen LogP contribution < -0.4 is 4.74 Å². The summed E-state index contributed by atoms with van der Waals surface area (Å²) in [6, 6.07) is 12.8. The molecule has 0 amide bonds. The Hall–Kier alpha value is -2.97. The van der Waals surface area contributed by atoms with Crippen molar-refractivity contribution in [3.05, 3.63) is 59.4 Å². The fourth-order valence-corrected chi connectivity index (χ4v) is 3.73. The molecule has 1 aliphatic heterocycles. The van der Waals surface area contributed by atoms with Crippen LogP contribution >= 0.6 is 0 Å². The van der Waals surface area contributed by atoms with Crippen molar-refractivity contribution >= 4 is 17.0 Å². The van der Waals surface area contributed by atoms with Gasteiger partial charge in [-0.1, -0.05) is 18.2 Å². The highest BCUT2D eigenvalue weighted by atomic mass is 19.1. The highest BCUT2D eigenvalue weighted by Crippen LogP contribution is 2.24. The Labute approximate surface area is 173 Å². The largest absolute Gasteiger partial charge is 0.496 e. The van der Waals surface area contributed by atoms with Gasteiger partial charge in [-0.3, -0.25) is 4.90 Å². The fraction of sp³-hybridized carbons (Fsp3) is 0.364. The van der Waals surface area contributed by atoms with Crippen LogP contribution in [0.25, 0.3) is 11.0 Å². The van der Waals surface area contributed by atoms with Gasteiger partial charge in [0.05, 0.1) is 30.8 Å². The molecule has 3 aromatic rings. The van der Waals surface area contributed by atoms with Crippen molar-refractivity contribution in [3.63, 3.8) is 0 Å². The SMILES string of the molecule is COC(=O)c1ccc2nc(COC3CN(Cc4ccccc4OC)CC3F)[nH]c2c1. The van der Waals surface area contributed by atoms with Crippen LogP contribution in [0.4, 0.5) is 4.39 Å². The Morgan fingerprint density at radius 1 is 1.23 bits per heavy atom. The number of halogens is 1. The lowest BCUT2D eigenvalue weighted by Crippen LogP contribution is -2.24. The van der Waals surface area contributed by atoms with E-state index >= 15 is 0 Å². The summed E-state index contributed by atoms with van der Waals surface area (Å²) in [5.74, 6) is 0.971. The van der Waals surface area contributed by atoms with Crippen molar-refractivity contribution in [3.8, 4) is 5.75 Å². The average molecular weight is 413 g/mol. The van der Waals surface area contributed by atoms with Crippen LogP contribution in [0.5, 0.6) is 5.75 Å². The zero-order valence-corrected chi connectivity index (χ0v) is 16.9. The van der Waals surface area contributed by atoms with Crippen LogP contribution in [0.15, 0.2) is 42.5 Å². The molecular weight excluding hydrogens is 389 g/mol. The van der Waals surface area contributed by atoms with Crippen molar-refractivity contribution in [1.29, 1.82) is 0 Å². The first-order chi connectivity index (χ1) is 14.6. The Balaban J connectivity index is 1.37. The Morgan fingerprint density at radius 2 is 2.07 bits per heavy atom. The Kier molecular flexibility index (Phi) is 5.96. The molecule has 0 spiro atoms. The second-order valence-corrected chi connectivity index (χ2v) is 7.28. The van der Waals surface area contributed by atoms with Crippen LogP contribution in [0.3, 0.4) is 0 Å². The molecule has 0 aliphatic carbocycles. The normalized spacial score (nSPS) is 19.3. The van der Waals surface area contributed by atoms with E-state index in [9.17, 15) is 9.18 Å². The molecule has 0 saturated carbocycles. The molecule has 8 heteroatoms. The standard InChI is InChI=1S/C22H24FN3O4/c1-28-19-6-4-3-5-15(19)10-26-11-16(23)20(12-26)30-13-21-24-17-8-7-14(22(27)29-2)9-18(17)25-21/h3-9,16,20H,10-13H2,1-2H3,(H,24,25). The van der Waals surface area contributed by atoms with Gasteiger partial charge in [0.15, 0.2) is 0 Å². The lowest BCUT2D eigenvalue weighted by Gasteiger charge is -2.17. The number of carbonyl (C=O) groups is 1. The number of likely N-dealkylation sites (tertiary alicyclic amines) is 1. The molecule has 7 nitrogen and oxygen atoms in total.